The van der Waals surface area contributed by atoms with E-state index in [1.807, 2.05) is 62.4 Å². The molecule has 8 heteroatoms. The van der Waals surface area contributed by atoms with E-state index in [2.05, 4.69) is 10.3 Å². The predicted molar refractivity (Wildman–Crippen MR) is 128 cm³/mol. The van der Waals surface area contributed by atoms with Gasteiger partial charge in [0.25, 0.3) is 5.91 Å². The van der Waals surface area contributed by atoms with Crippen LogP contribution in [0.3, 0.4) is 0 Å². The standard InChI is InChI=1S/C26H28N4O4/c1-5-19-8-6-7-9-20(19)30-23(31)22-21(24(32)34-4)28-16-29(22)15-26(30,3)25(33)27-14-18-12-10-17(2)11-13-18/h6-13,16H,5,14-15H2,1-4H3,(H,27,33)/t26-/m1/s1. The first kappa shape index (κ1) is 23.2. The van der Waals surface area contributed by atoms with E-state index in [0.29, 0.717) is 18.7 Å². The summed E-state index contributed by atoms with van der Waals surface area (Å²) in [6.07, 6.45) is 2.08. The molecular formula is C26H28N4O4. The van der Waals surface area contributed by atoms with Gasteiger partial charge in [0, 0.05) is 12.2 Å². The van der Waals surface area contributed by atoms with Crippen LogP contribution >= 0.6 is 0 Å². The highest BCUT2D eigenvalue weighted by Gasteiger charge is 2.50. The highest BCUT2D eigenvalue weighted by molar-refractivity contribution is 6.15. The van der Waals surface area contributed by atoms with E-state index in [1.54, 1.807) is 11.5 Å². The minimum atomic E-state index is -1.26. The fourth-order valence-corrected chi connectivity index (χ4v) is 4.36. The van der Waals surface area contributed by atoms with Gasteiger partial charge in [0.1, 0.15) is 11.2 Å². The lowest BCUT2D eigenvalue weighted by Gasteiger charge is -2.44. The summed E-state index contributed by atoms with van der Waals surface area (Å²) < 4.78 is 6.39. The number of nitrogens with zero attached hydrogens (tertiary/aromatic N) is 3. The number of imidazole rings is 1. The van der Waals surface area contributed by atoms with Gasteiger partial charge in [-0.05, 0) is 37.5 Å². The van der Waals surface area contributed by atoms with Gasteiger partial charge in [-0.3, -0.25) is 14.5 Å². The van der Waals surface area contributed by atoms with E-state index in [9.17, 15) is 14.4 Å². The molecule has 2 aromatic carbocycles. The second kappa shape index (κ2) is 9.13. The van der Waals surface area contributed by atoms with Gasteiger partial charge in [-0.1, -0.05) is 55.0 Å². The maximum atomic E-state index is 13.9. The second-order valence-corrected chi connectivity index (χ2v) is 8.63. The lowest BCUT2D eigenvalue weighted by atomic mass is 9.92. The van der Waals surface area contributed by atoms with Crippen LogP contribution in [0.1, 0.15) is 51.5 Å². The Morgan fingerprint density at radius 1 is 1.15 bits per heavy atom. The predicted octanol–water partition coefficient (Wildman–Crippen LogP) is 3.28. The minimum Gasteiger partial charge on any atom is -0.464 e. The first-order valence-corrected chi connectivity index (χ1v) is 11.2. The Morgan fingerprint density at radius 3 is 2.53 bits per heavy atom. The number of fused-ring (bicyclic) bond motifs is 1. The summed E-state index contributed by atoms with van der Waals surface area (Å²) in [6, 6.07) is 15.4. The quantitative estimate of drug-likeness (QED) is 0.570. The number of hydrogen-bond donors (Lipinski definition) is 1. The zero-order valence-corrected chi connectivity index (χ0v) is 19.8. The number of esters is 1. The number of hydrogen-bond acceptors (Lipinski definition) is 5. The number of ether oxygens (including phenoxy) is 1. The highest BCUT2D eigenvalue weighted by atomic mass is 16.5. The van der Waals surface area contributed by atoms with Gasteiger partial charge in [-0.25, -0.2) is 9.78 Å². The SMILES string of the molecule is CCc1ccccc1N1C(=O)c2c(C(=O)OC)ncn2C[C@]1(C)C(=O)NCc1ccc(C)cc1. The summed E-state index contributed by atoms with van der Waals surface area (Å²) in [5.74, 6) is -1.47. The van der Waals surface area contributed by atoms with Crippen molar-refractivity contribution >= 4 is 23.5 Å². The molecule has 1 N–H and O–H groups in total. The van der Waals surface area contributed by atoms with Crippen molar-refractivity contribution in [2.75, 3.05) is 12.0 Å². The molecule has 1 atom stereocenters. The molecule has 8 nitrogen and oxygen atoms in total. The Kier molecular flexibility index (Phi) is 6.24. The number of methoxy groups -OCH3 is 1. The zero-order valence-electron chi connectivity index (χ0n) is 19.8. The van der Waals surface area contributed by atoms with Gasteiger partial charge in [-0.15, -0.1) is 0 Å². The Labute approximate surface area is 198 Å². The van der Waals surface area contributed by atoms with Crippen LogP contribution in [0.2, 0.25) is 0 Å². The number of para-hydroxylation sites is 1. The second-order valence-electron chi connectivity index (χ2n) is 8.63. The molecule has 0 spiro atoms. The van der Waals surface area contributed by atoms with Crippen LogP contribution in [0.25, 0.3) is 0 Å². The number of benzene rings is 2. The summed E-state index contributed by atoms with van der Waals surface area (Å²) in [5, 5.41) is 3.00. The third-order valence-corrected chi connectivity index (χ3v) is 6.27. The summed E-state index contributed by atoms with van der Waals surface area (Å²) in [5.41, 5.74) is 2.44. The summed E-state index contributed by atoms with van der Waals surface area (Å²) in [6.45, 7) is 6.20. The Balaban J connectivity index is 1.77. The molecule has 1 aromatic heterocycles. The monoisotopic (exact) mass is 460 g/mol. The molecule has 176 valence electrons. The maximum absolute atomic E-state index is 13.9. The van der Waals surface area contributed by atoms with Crippen LogP contribution in [0.5, 0.6) is 0 Å². The third kappa shape index (κ3) is 3.96. The van der Waals surface area contributed by atoms with Crippen molar-refractivity contribution in [2.24, 2.45) is 0 Å². The van der Waals surface area contributed by atoms with Crippen LogP contribution < -0.4 is 10.2 Å². The summed E-state index contributed by atoms with van der Waals surface area (Å²) in [7, 11) is 1.24. The Bertz CT molecular complexity index is 1250. The molecule has 2 amide bonds. The Morgan fingerprint density at radius 2 is 1.85 bits per heavy atom. The van der Waals surface area contributed by atoms with Crippen molar-refractivity contribution < 1.29 is 19.1 Å². The first-order chi connectivity index (χ1) is 16.3. The zero-order chi connectivity index (χ0) is 24.5. The molecule has 0 unspecified atom stereocenters. The van der Waals surface area contributed by atoms with Gasteiger partial charge >= 0.3 is 5.97 Å². The maximum Gasteiger partial charge on any atom is 0.359 e. The van der Waals surface area contributed by atoms with Crippen molar-refractivity contribution in [3.63, 3.8) is 0 Å². The molecule has 1 aliphatic rings. The average molecular weight is 461 g/mol. The van der Waals surface area contributed by atoms with Crippen LogP contribution in [0, 0.1) is 6.92 Å². The van der Waals surface area contributed by atoms with Crippen LogP contribution in [0.15, 0.2) is 54.9 Å². The summed E-state index contributed by atoms with van der Waals surface area (Å²) in [4.78, 5) is 45.5. The molecule has 0 saturated heterocycles. The van der Waals surface area contributed by atoms with E-state index in [-0.39, 0.29) is 23.8 Å². The van der Waals surface area contributed by atoms with Crippen LogP contribution in [-0.4, -0.2) is 40.0 Å². The molecule has 0 saturated carbocycles. The fraction of sp³-hybridized carbons (Fsp3) is 0.308. The van der Waals surface area contributed by atoms with Gasteiger partial charge in [0.05, 0.1) is 20.0 Å². The van der Waals surface area contributed by atoms with E-state index in [0.717, 1.165) is 16.7 Å². The number of anilines is 1. The average Bonchev–Trinajstić information content (AvgIpc) is 3.27. The van der Waals surface area contributed by atoms with Crippen molar-refractivity contribution in [2.45, 2.75) is 45.8 Å². The number of aryl methyl sites for hydroxylation is 2. The molecule has 0 radical (unpaired) electrons. The van der Waals surface area contributed by atoms with E-state index in [1.165, 1.54) is 18.3 Å². The number of aromatic nitrogens is 2. The van der Waals surface area contributed by atoms with E-state index >= 15 is 0 Å². The number of carbonyl (C=O) groups excluding carboxylic acids is 3. The highest BCUT2D eigenvalue weighted by Crippen LogP contribution is 2.36. The van der Waals surface area contributed by atoms with Crippen LogP contribution in [0.4, 0.5) is 5.69 Å². The van der Waals surface area contributed by atoms with Gasteiger partial charge in [0.2, 0.25) is 5.91 Å². The van der Waals surface area contributed by atoms with Gasteiger partial charge < -0.3 is 14.6 Å². The van der Waals surface area contributed by atoms with Crippen molar-refractivity contribution in [3.8, 4) is 0 Å². The topological polar surface area (TPSA) is 93.5 Å². The normalized spacial score (nSPS) is 17.3. The first-order valence-electron chi connectivity index (χ1n) is 11.2. The number of nitrogens with one attached hydrogen (secondary N) is 1. The molecule has 2 heterocycles. The van der Waals surface area contributed by atoms with Crippen molar-refractivity contribution in [1.29, 1.82) is 0 Å². The minimum absolute atomic E-state index is 0.0615. The lowest BCUT2D eigenvalue weighted by molar-refractivity contribution is -0.126. The van der Waals surface area contributed by atoms with Crippen molar-refractivity contribution in [3.05, 3.63) is 82.9 Å². The molecule has 1 aliphatic heterocycles. The van der Waals surface area contributed by atoms with Crippen molar-refractivity contribution in [1.82, 2.24) is 14.9 Å². The van der Waals surface area contributed by atoms with E-state index in [4.69, 9.17) is 4.74 Å². The molecule has 4 rings (SSSR count). The van der Waals surface area contributed by atoms with Gasteiger partial charge in [-0.2, -0.15) is 0 Å². The van der Waals surface area contributed by atoms with E-state index < -0.39 is 17.4 Å². The molecular weight excluding hydrogens is 432 g/mol. The van der Waals surface area contributed by atoms with Gasteiger partial charge in [0.15, 0.2) is 5.69 Å². The molecule has 0 bridgehead atoms. The summed E-state index contributed by atoms with van der Waals surface area (Å²) >= 11 is 0. The largest absolute Gasteiger partial charge is 0.464 e. The lowest BCUT2D eigenvalue weighted by Crippen LogP contribution is -2.64. The number of rotatable bonds is 6. The molecule has 0 aliphatic carbocycles. The molecule has 34 heavy (non-hydrogen) atoms. The van der Waals surface area contributed by atoms with Crippen LogP contribution in [-0.2, 0) is 29.0 Å². The molecule has 0 fully saturated rings. The third-order valence-electron chi connectivity index (χ3n) is 6.27. The molecule has 3 aromatic rings. The number of carbonyl (C=O) groups is 3. The fourth-order valence-electron chi connectivity index (χ4n) is 4.36. The smallest absolute Gasteiger partial charge is 0.359 e. The Hall–Kier alpha value is -3.94. The number of amides is 2.